The minimum atomic E-state index is -0.0998. The SMILES string of the molecule is Bc1cccc(-n2ccnc(NC3CCN(C/C(C)=C/c4ccccc4)CC3)c2=O)c1. The summed E-state index contributed by atoms with van der Waals surface area (Å²) in [6.45, 7) is 5.19. The number of rotatable bonds is 6. The van der Waals surface area contributed by atoms with Crippen LogP contribution >= 0.6 is 0 Å². The van der Waals surface area contributed by atoms with Crippen LogP contribution in [0.1, 0.15) is 25.3 Å². The predicted molar refractivity (Wildman–Crippen MR) is 131 cm³/mol. The van der Waals surface area contributed by atoms with E-state index in [0.29, 0.717) is 5.82 Å². The fraction of sp³-hybridized carbons (Fsp3) is 0.280. The average molecular weight is 412 g/mol. The third-order valence-electron chi connectivity index (χ3n) is 5.73. The van der Waals surface area contributed by atoms with Crippen LogP contribution in [0.5, 0.6) is 0 Å². The van der Waals surface area contributed by atoms with Gasteiger partial charge in [-0.1, -0.05) is 59.6 Å². The molecule has 0 radical (unpaired) electrons. The predicted octanol–water partition coefficient (Wildman–Crippen LogP) is 2.47. The van der Waals surface area contributed by atoms with Gasteiger partial charge in [0.1, 0.15) is 7.85 Å². The Morgan fingerprint density at radius 3 is 2.68 bits per heavy atom. The lowest BCUT2D eigenvalue weighted by Gasteiger charge is -2.32. The molecule has 2 heterocycles. The molecule has 1 fully saturated rings. The summed E-state index contributed by atoms with van der Waals surface area (Å²) in [5.74, 6) is 0.433. The van der Waals surface area contributed by atoms with Gasteiger partial charge in [0.15, 0.2) is 5.82 Å². The fourth-order valence-corrected chi connectivity index (χ4v) is 4.15. The number of likely N-dealkylation sites (tertiary alicyclic amines) is 1. The minimum Gasteiger partial charge on any atom is -0.363 e. The highest BCUT2D eigenvalue weighted by Crippen LogP contribution is 2.16. The Morgan fingerprint density at radius 2 is 1.94 bits per heavy atom. The van der Waals surface area contributed by atoms with Gasteiger partial charge < -0.3 is 5.32 Å². The first-order valence-corrected chi connectivity index (χ1v) is 10.9. The van der Waals surface area contributed by atoms with Crippen LogP contribution in [0.25, 0.3) is 11.8 Å². The van der Waals surface area contributed by atoms with Crippen LogP contribution < -0.4 is 16.3 Å². The van der Waals surface area contributed by atoms with Crippen LogP contribution in [0.15, 0.2) is 77.4 Å². The van der Waals surface area contributed by atoms with Crippen molar-refractivity contribution in [1.29, 1.82) is 0 Å². The van der Waals surface area contributed by atoms with Crippen molar-refractivity contribution < 1.29 is 0 Å². The Bertz CT molecular complexity index is 1100. The molecule has 3 aromatic rings. The van der Waals surface area contributed by atoms with E-state index in [4.69, 9.17) is 0 Å². The van der Waals surface area contributed by atoms with E-state index in [1.807, 2.05) is 38.2 Å². The lowest BCUT2D eigenvalue weighted by Crippen LogP contribution is -2.41. The van der Waals surface area contributed by atoms with Crippen molar-refractivity contribution in [3.63, 3.8) is 0 Å². The van der Waals surface area contributed by atoms with Crippen molar-refractivity contribution in [3.05, 3.63) is 88.5 Å². The van der Waals surface area contributed by atoms with Gasteiger partial charge in [-0.15, -0.1) is 0 Å². The maximum absolute atomic E-state index is 13.0. The summed E-state index contributed by atoms with van der Waals surface area (Å²) in [5, 5.41) is 3.40. The van der Waals surface area contributed by atoms with Crippen molar-refractivity contribution in [2.45, 2.75) is 25.8 Å². The van der Waals surface area contributed by atoms with Gasteiger partial charge >= 0.3 is 0 Å². The smallest absolute Gasteiger partial charge is 0.297 e. The molecule has 0 spiro atoms. The summed E-state index contributed by atoms with van der Waals surface area (Å²) >= 11 is 0. The quantitative estimate of drug-likeness (QED) is 0.632. The van der Waals surface area contributed by atoms with Crippen LogP contribution in [-0.2, 0) is 0 Å². The summed E-state index contributed by atoms with van der Waals surface area (Å²) in [7, 11) is 2.03. The normalized spacial score (nSPS) is 15.7. The molecule has 1 aliphatic heterocycles. The molecule has 6 heteroatoms. The molecule has 0 atom stereocenters. The van der Waals surface area contributed by atoms with E-state index in [-0.39, 0.29) is 11.6 Å². The zero-order chi connectivity index (χ0) is 21.6. The van der Waals surface area contributed by atoms with Gasteiger partial charge in [-0.3, -0.25) is 14.3 Å². The van der Waals surface area contributed by atoms with Gasteiger partial charge in [0.25, 0.3) is 5.56 Å². The van der Waals surface area contributed by atoms with Crippen molar-refractivity contribution in [2.24, 2.45) is 0 Å². The van der Waals surface area contributed by atoms with Gasteiger partial charge in [0, 0.05) is 43.8 Å². The van der Waals surface area contributed by atoms with Gasteiger partial charge in [-0.05, 0) is 37.5 Å². The van der Waals surface area contributed by atoms with Crippen molar-refractivity contribution in [3.8, 4) is 5.69 Å². The van der Waals surface area contributed by atoms with Crippen molar-refractivity contribution in [1.82, 2.24) is 14.5 Å². The van der Waals surface area contributed by atoms with Crippen molar-refractivity contribution in [2.75, 3.05) is 25.0 Å². The summed E-state index contributed by atoms with van der Waals surface area (Å²) in [5.41, 5.74) is 4.50. The number of hydrogen-bond donors (Lipinski definition) is 1. The Balaban J connectivity index is 1.36. The van der Waals surface area contributed by atoms with E-state index in [1.165, 1.54) is 11.1 Å². The molecular weight excluding hydrogens is 383 g/mol. The second kappa shape index (κ2) is 9.79. The highest BCUT2D eigenvalue weighted by atomic mass is 16.1. The van der Waals surface area contributed by atoms with Crippen LogP contribution in [0, 0.1) is 0 Å². The molecule has 4 rings (SSSR count). The zero-order valence-electron chi connectivity index (χ0n) is 18.3. The molecule has 0 bridgehead atoms. The second-order valence-electron chi connectivity index (χ2n) is 8.39. The standard InChI is InChI=1S/C25H29BN4O/c1-19(16-20-6-3-2-4-7-20)18-29-13-10-22(11-14-29)28-24-25(31)30(15-12-27-24)23-9-5-8-21(26)17-23/h2-9,12,15-17,22H,10-11,13-14,18,26H2,1H3,(H,27,28)/b19-16+. The number of aromatic nitrogens is 2. The minimum absolute atomic E-state index is 0.0998. The summed E-state index contributed by atoms with van der Waals surface area (Å²) in [6, 6.07) is 18.7. The van der Waals surface area contributed by atoms with E-state index in [0.717, 1.165) is 43.6 Å². The molecule has 5 nitrogen and oxygen atoms in total. The van der Waals surface area contributed by atoms with Crippen LogP contribution in [-0.4, -0.2) is 48.0 Å². The maximum Gasteiger partial charge on any atom is 0.297 e. The van der Waals surface area contributed by atoms with E-state index < -0.39 is 0 Å². The third-order valence-corrected chi connectivity index (χ3v) is 5.73. The first kappa shape index (κ1) is 21.1. The Kier molecular flexibility index (Phi) is 6.68. The molecule has 1 N–H and O–H groups in total. The van der Waals surface area contributed by atoms with E-state index >= 15 is 0 Å². The molecule has 1 aliphatic rings. The van der Waals surface area contributed by atoms with Gasteiger partial charge in [0.05, 0.1) is 0 Å². The molecule has 0 amide bonds. The highest BCUT2D eigenvalue weighted by molar-refractivity contribution is 6.32. The maximum atomic E-state index is 13.0. The lowest BCUT2D eigenvalue weighted by molar-refractivity contribution is 0.236. The van der Waals surface area contributed by atoms with Crippen molar-refractivity contribution >= 4 is 25.2 Å². The number of nitrogens with one attached hydrogen (secondary N) is 1. The molecule has 0 aliphatic carbocycles. The Morgan fingerprint density at radius 1 is 1.16 bits per heavy atom. The topological polar surface area (TPSA) is 50.2 Å². The number of anilines is 1. The molecule has 1 aromatic heterocycles. The van der Waals surface area contributed by atoms with E-state index in [2.05, 4.69) is 52.5 Å². The average Bonchev–Trinajstić information content (AvgIpc) is 2.77. The second-order valence-corrected chi connectivity index (χ2v) is 8.39. The number of piperidine rings is 1. The molecule has 1 saturated heterocycles. The molecule has 0 unspecified atom stereocenters. The van der Waals surface area contributed by atoms with Gasteiger partial charge in [-0.25, -0.2) is 4.98 Å². The van der Waals surface area contributed by atoms with Crippen LogP contribution in [0.3, 0.4) is 0 Å². The lowest BCUT2D eigenvalue weighted by atomic mass is 9.96. The molecule has 0 saturated carbocycles. The first-order chi connectivity index (χ1) is 15.1. The third kappa shape index (κ3) is 5.53. The van der Waals surface area contributed by atoms with Crippen LogP contribution in [0.4, 0.5) is 5.82 Å². The van der Waals surface area contributed by atoms with Crippen LogP contribution in [0.2, 0.25) is 0 Å². The zero-order valence-corrected chi connectivity index (χ0v) is 18.3. The number of hydrogen-bond acceptors (Lipinski definition) is 4. The molecule has 2 aromatic carbocycles. The number of nitrogens with zero attached hydrogens (tertiary/aromatic N) is 3. The summed E-state index contributed by atoms with van der Waals surface area (Å²) in [4.78, 5) is 19.8. The van der Waals surface area contributed by atoms with E-state index in [1.54, 1.807) is 17.0 Å². The molecule has 158 valence electrons. The Labute approximate surface area is 184 Å². The first-order valence-electron chi connectivity index (χ1n) is 10.9. The molecular formula is C25H29BN4O. The highest BCUT2D eigenvalue weighted by Gasteiger charge is 2.20. The van der Waals surface area contributed by atoms with Gasteiger partial charge in [0.2, 0.25) is 0 Å². The monoisotopic (exact) mass is 412 g/mol. The molecule has 31 heavy (non-hydrogen) atoms. The van der Waals surface area contributed by atoms with E-state index in [9.17, 15) is 4.79 Å². The Hall–Kier alpha value is -3.12. The summed E-state index contributed by atoms with van der Waals surface area (Å²) < 4.78 is 1.66. The largest absolute Gasteiger partial charge is 0.363 e. The van der Waals surface area contributed by atoms with Gasteiger partial charge in [-0.2, -0.15) is 0 Å². The number of benzene rings is 2. The summed E-state index contributed by atoms with van der Waals surface area (Å²) in [6.07, 6.45) is 7.68. The fourth-order valence-electron chi connectivity index (χ4n) is 4.15.